The van der Waals surface area contributed by atoms with Gasteiger partial charge in [-0.05, 0) is 66.9 Å². The molecule has 2 unspecified atom stereocenters. The monoisotopic (exact) mass is 416 g/mol. The third kappa shape index (κ3) is 4.00. The Morgan fingerprint density at radius 3 is 2.03 bits per heavy atom. The van der Waals surface area contributed by atoms with Crippen LogP contribution in [0.25, 0.3) is 0 Å². The highest BCUT2D eigenvalue weighted by atomic mass is 16.2. The first-order valence-electron chi connectivity index (χ1n) is 11.6. The Morgan fingerprint density at radius 1 is 0.871 bits per heavy atom. The molecule has 2 aromatic rings. The lowest BCUT2D eigenvalue weighted by atomic mass is 9.44. The maximum Gasteiger partial charge on any atom is 0.227 e. The number of nitrogens with zero attached hydrogens (tertiary/aromatic N) is 1. The van der Waals surface area contributed by atoms with Crippen LogP contribution < -0.4 is 5.73 Å². The second-order valence-electron chi connectivity index (χ2n) is 10.5. The molecule has 162 valence electrons. The molecule has 31 heavy (non-hydrogen) atoms. The van der Waals surface area contributed by atoms with Crippen molar-refractivity contribution in [1.29, 1.82) is 0 Å². The molecule has 4 aliphatic carbocycles. The van der Waals surface area contributed by atoms with Gasteiger partial charge in [0, 0.05) is 13.1 Å². The molecule has 0 aliphatic heterocycles. The van der Waals surface area contributed by atoms with Gasteiger partial charge in [0.2, 0.25) is 11.8 Å². The third-order valence-corrected chi connectivity index (χ3v) is 8.00. The van der Waals surface area contributed by atoms with Gasteiger partial charge < -0.3 is 10.6 Å². The Balaban J connectivity index is 1.41. The molecule has 4 heteroatoms. The molecular weight excluding hydrogens is 384 g/mol. The minimum Gasteiger partial charge on any atom is -0.369 e. The van der Waals surface area contributed by atoms with Crippen molar-refractivity contribution in [2.24, 2.45) is 28.4 Å². The fraction of sp³-hybridized carbons (Fsp3) is 0.481. The predicted molar refractivity (Wildman–Crippen MR) is 121 cm³/mol. The zero-order valence-corrected chi connectivity index (χ0v) is 18.1. The Morgan fingerprint density at radius 2 is 1.45 bits per heavy atom. The summed E-state index contributed by atoms with van der Waals surface area (Å²) in [6, 6.07) is 20.2. The number of hydrogen-bond donors (Lipinski definition) is 1. The van der Waals surface area contributed by atoms with Crippen molar-refractivity contribution < 1.29 is 9.59 Å². The number of benzene rings is 2. The molecule has 0 aromatic heterocycles. The lowest BCUT2D eigenvalue weighted by molar-refractivity contribution is -0.159. The van der Waals surface area contributed by atoms with Crippen LogP contribution in [0.3, 0.4) is 0 Å². The number of amides is 2. The number of hydrogen-bond acceptors (Lipinski definition) is 2. The van der Waals surface area contributed by atoms with Crippen LogP contribution in [0.15, 0.2) is 60.7 Å². The molecule has 0 radical (unpaired) electrons. The Labute approximate surface area is 184 Å². The maximum absolute atomic E-state index is 13.5. The fourth-order valence-corrected chi connectivity index (χ4v) is 7.25. The summed E-state index contributed by atoms with van der Waals surface area (Å²) in [7, 11) is 0. The van der Waals surface area contributed by atoms with Crippen molar-refractivity contribution in [2.45, 2.75) is 51.5 Å². The fourth-order valence-electron chi connectivity index (χ4n) is 7.25. The largest absolute Gasteiger partial charge is 0.369 e. The van der Waals surface area contributed by atoms with E-state index in [1.54, 1.807) is 0 Å². The zero-order valence-electron chi connectivity index (χ0n) is 18.1. The lowest BCUT2D eigenvalue weighted by Gasteiger charge is -2.61. The van der Waals surface area contributed by atoms with E-state index in [1.807, 2.05) is 48.5 Å². The normalized spacial score (nSPS) is 30.8. The highest BCUT2D eigenvalue weighted by Crippen LogP contribution is 2.65. The number of primary amides is 1. The van der Waals surface area contributed by atoms with E-state index in [0.29, 0.717) is 24.8 Å². The topological polar surface area (TPSA) is 63.4 Å². The molecule has 0 spiro atoms. The Hall–Kier alpha value is -2.62. The van der Waals surface area contributed by atoms with Gasteiger partial charge in [-0.3, -0.25) is 9.59 Å². The van der Waals surface area contributed by atoms with Crippen LogP contribution in [-0.2, 0) is 22.6 Å². The van der Waals surface area contributed by atoms with Crippen LogP contribution >= 0.6 is 0 Å². The van der Waals surface area contributed by atoms with Crippen LogP contribution in [0.5, 0.6) is 0 Å². The SMILES string of the molecule is NC(=O)C12CC3CC(CC(CN(Cc4ccccc4)C(=O)Cc4ccccc4)(C3)C1)C2. The number of rotatable bonds is 7. The second-order valence-corrected chi connectivity index (χ2v) is 10.5. The molecule has 2 N–H and O–H groups in total. The molecular formula is C27H32N2O2. The van der Waals surface area contributed by atoms with E-state index in [2.05, 4.69) is 17.0 Å². The van der Waals surface area contributed by atoms with Crippen molar-refractivity contribution in [3.63, 3.8) is 0 Å². The molecule has 4 nitrogen and oxygen atoms in total. The Bertz CT molecular complexity index is 942. The summed E-state index contributed by atoms with van der Waals surface area (Å²) in [5.74, 6) is 1.21. The smallest absolute Gasteiger partial charge is 0.227 e. The summed E-state index contributed by atoms with van der Waals surface area (Å²) in [6.45, 7) is 1.35. The summed E-state index contributed by atoms with van der Waals surface area (Å²) in [6.07, 6.45) is 6.66. The second kappa shape index (κ2) is 7.81. The van der Waals surface area contributed by atoms with E-state index < -0.39 is 0 Å². The molecule has 0 heterocycles. The maximum atomic E-state index is 13.5. The van der Waals surface area contributed by atoms with Gasteiger partial charge >= 0.3 is 0 Å². The first kappa shape index (κ1) is 20.3. The average Bonchev–Trinajstić information content (AvgIpc) is 2.73. The molecule has 4 saturated carbocycles. The summed E-state index contributed by atoms with van der Waals surface area (Å²) < 4.78 is 0. The van der Waals surface area contributed by atoms with Crippen LogP contribution in [0.1, 0.15) is 49.7 Å². The lowest BCUT2D eigenvalue weighted by Crippen LogP contribution is -2.59. The van der Waals surface area contributed by atoms with E-state index in [9.17, 15) is 9.59 Å². The van der Waals surface area contributed by atoms with Gasteiger partial charge in [0.25, 0.3) is 0 Å². The van der Waals surface area contributed by atoms with Crippen LogP contribution in [0.2, 0.25) is 0 Å². The van der Waals surface area contributed by atoms with Gasteiger partial charge in [0.05, 0.1) is 11.8 Å². The summed E-state index contributed by atoms with van der Waals surface area (Å²) in [5.41, 5.74) is 7.83. The van der Waals surface area contributed by atoms with E-state index in [1.165, 1.54) is 6.42 Å². The third-order valence-electron chi connectivity index (χ3n) is 8.00. The van der Waals surface area contributed by atoms with E-state index in [0.717, 1.165) is 49.8 Å². The van der Waals surface area contributed by atoms with Crippen molar-refractivity contribution in [3.8, 4) is 0 Å². The zero-order chi connectivity index (χ0) is 21.5. The highest BCUT2D eigenvalue weighted by molar-refractivity contribution is 5.82. The summed E-state index contributed by atoms with van der Waals surface area (Å²) in [5, 5.41) is 0. The van der Waals surface area contributed by atoms with Gasteiger partial charge in [-0.1, -0.05) is 60.7 Å². The van der Waals surface area contributed by atoms with E-state index >= 15 is 0 Å². The van der Waals surface area contributed by atoms with Crippen molar-refractivity contribution in [1.82, 2.24) is 4.90 Å². The van der Waals surface area contributed by atoms with Crippen LogP contribution in [0, 0.1) is 22.7 Å². The number of nitrogens with two attached hydrogens (primary N) is 1. The number of carbonyl (C=O) groups excluding carboxylic acids is 2. The van der Waals surface area contributed by atoms with Crippen molar-refractivity contribution in [2.75, 3.05) is 6.54 Å². The molecule has 4 aliphatic rings. The molecule has 4 fully saturated rings. The molecule has 2 aromatic carbocycles. The van der Waals surface area contributed by atoms with Gasteiger partial charge in [-0.15, -0.1) is 0 Å². The number of carbonyl (C=O) groups is 2. The predicted octanol–water partition coefficient (Wildman–Crippen LogP) is 4.33. The molecule has 6 rings (SSSR count). The van der Waals surface area contributed by atoms with Gasteiger partial charge in [0.1, 0.15) is 0 Å². The van der Waals surface area contributed by atoms with E-state index in [-0.39, 0.29) is 22.6 Å². The standard InChI is InChI=1S/C27H32N2O2/c28-25(31)27-15-22-11-23(16-27)14-26(13-22,18-27)19-29(17-21-9-5-2-6-10-21)24(30)12-20-7-3-1-4-8-20/h1-10,22-23H,11-19H2,(H2,28,31). The van der Waals surface area contributed by atoms with Crippen molar-refractivity contribution >= 4 is 11.8 Å². The average molecular weight is 417 g/mol. The first-order valence-corrected chi connectivity index (χ1v) is 11.6. The minimum absolute atomic E-state index is 0.0280. The van der Waals surface area contributed by atoms with Gasteiger partial charge in [0.15, 0.2) is 0 Å². The van der Waals surface area contributed by atoms with Crippen LogP contribution in [-0.4, -0.2) is 23.3 Å². The molecule has 2 atom stereocenters. The Kier molecular flexibility index (Phi) is 5.11. The van der Waals surface area contributed by atoms with E-state index in [4.69, 9.17) is 5.73 Å². The van der Waals surface area contributed by atoms with Gasteiger partial charge in [-0.2, -0.15) is 0 Å². The summed E-state index contributed by atoms with van der Waals surface area (Å²) >= 11 is 0. The minimum atomic E-state index is -0.342. The molecule has 0 saturated heterocycles. The van der Waals surface area contributed by atoms with Crippen LogP contribution in [0.4, 0.5) is 0 Å². The molecule has 2 amide bonds. The quantitative estimate of drug-likeness (QED) is 0.730. The first-order chi connectivity index (χ1) is 15.0. The molecule has 4 bridgehead atoms. The summed E-state index contributed by atoms with van der Waals surface area (Å²) in [4.78, 5) is 28.0. The van der Waals surface area contributed by atoms with Gasteiger partial charge in [-0.25, -0.2) is 0 Å². The van der Waals surface area contributed by atoms with Crippen molar-refractivity contribution in [3.05, 3.63) is 71.8 Å². The highest BCUT2D eigenvalue weighted by Gasteiger charge is 2.60.